The van der Waals surface area contributed by atoms with Crippen molar-refractivity contribution in [2.45, 2.75) is 23.6 Å². The summed E-state index contributed by atoms with van der Waals surface area (Å²) in [5.41, 5.74) is -0.471. The van der Waals surface area contributed by atoms with E-state index in [4.69, 9.17) is 0 Å². The first kappa shape index (κ1) is 61.6. The Balaban J connectivity index is 0.00000961. The molecule has 2 aromatic carbocycles. The molecule has 4 aromatic rings. The van der Waals surface area contributed by atoms with Crippen molar-refractivity contribution in [3.8, 4) is 0 Å². The van der Waals surface area contributed by atoms with Crippen LogP contribution in [0.1, 0.15) is 25.0 Å². The number of hydrogen-bond donors (Lipinski definition) is 7. The summed E-state index contributed by atoms with van der Waals surface area (Å²) in [6.07, 6.45) is 2.17. The van der Waals surface area contributed by atoms with Crippen molar-refractivity contribution in [3.05, 3.63) is 47.5 Å². The molecule has 0 aliphatic carbocycles. The normalized spacial score (nSPS) is 12.0. The number of aliphatic hydroxyl groups excluding tert-OH is 1. The van der Waals surface area contributed by atoms with E-state index < -0.39 is 61.8 Å². The Bertz CT molecular complexity index is 2640. The smallest absolute Gasteiger partial charge is 0.748 e. The number of rotatable bonds is 22. The maximum absolute atomic E-state index is 12.4. The molecule has 0 fully saturated rings. The van der Waals surface area contributed by atoms with E-state index in [1.807, 2.05) is 0 Å². The topological polar surface area (TPSA) is 399 Å². The third-order valence-electron chi connectivity index (χ3n) is 7.32. The van der Waals surface area contributed by atoms with Crippen LogP contribution in [0.25, 0.3) is 12.2 Å². The first-order valence-electron chi connectivity index (χ1n) is 16.9. The van der Waals surface area contributed by atoms with Gasteiger partial charge in [0.2, 0.25) is 35.7 Å². The van der Waals surface area contributed by atoms with Gasteiger partial charge >= 0.3 is 118 Å². The summed E-state index contributed by atoms with van der Waals surface area (Å²) >= 11 is 0. The fraction of sp³-hybridized carbons (Fsp3) is 0.333. The number of anilines is 8. The van der Waals surface area contributed by atoms with Gasteiger partial charge in [0.05, 0.1) is 41.5 Å². The average molecular weight is 993 g/mol. The Hall–Kier alpha value is -1.40. The van der Waals surface area contributed by atoms with E-state index in [-0.39, 0.29) is 209 Å². The molecule has 2 aromatic heterocycles. The van der Waals surface area contributed by atoms with Gasteiger partial charge < -0.3 is 55.2 Å². The quantitative estimate of drug-likeness (QED) is 0.0218. The minimum Gasteiger partial charge on any atom is -0.748 e. The number of aromatic nitrogens is 6. The van der Waals surface area contributed by atoms with Gasteiger partial charge in [-0.15, -0.1) is 0 Å². The summed E-state index contributed by atoms with van der Waals surface area (Å²) in [7, 11) is -19.5. The number of nitrogens with one attached hydrogen (secondary N) is 6. The van der Waals surface area contributed by atoms with Crippen molar-refractivity contribution in [2.75, 3.05) is 76.2 Å². The second-order valence-corrected chi connectivity index (χ2v) is 17.9. The molecule has 0 radical (unpaired) electrons. The van der Waals surface area contributed by atoms with E-state index in [0.29, 0.717) is 6.54 Å². The summed E-state index contributed by atoms with van der Waals surface area (Å²) in [4.78, 5) is 23.0. The van der Waals surface area contributed by atoms with E-state index in [1.165, 1.54) is 24.3 Å². The van der Waals surface area contributed by atoms with Crippen molar-refractivity contribution in [2.24, 2.45) is 5.92 Å². The molecule has 25 nitrogen and oxygen atoms in total. The molecule has 4 rings (SSSR count). The Morgan fingerprint density at radius 2 is 0.921 bits per heavy atom. The average Bonchev–Trinajstić information content (AvgIpc) is 3.12. The predicted molar refractivity (Wildman–Crippen MR) is 209 cm³/mol. The Kier molecular flexibility index (Phi) is 26.8. The molecule has 2 heterocycles. The molecule has 0 aliphatic rings. The van der Waals surface area contributed by atoms with E-state index in [9.17, 15) is 57.0 Å². The molecule has 0 saturated heterocycles. The van der Waals surface area contributed by atoms with Gasteiger partial charge in [-0.3, -0.25) is 0 Å². The molecule has 0 amide bonds. The molecule has 0 spiro atoms. The van der Waals surface area contributed by atoms with E-state index in [2.05, 4.69) is 61.8 Å². The Morgan fingerprint density at radius 1 is 0.571 bits per heavy atom. The van der Waals surface area contributed by atoms with Crippen LogP contribution < -0.4 is 150 Å². The van der Waals surface area contributed by atoms with Gasteiger partial charge in [0.15, 0.2) is 0 Å². The third-order valence-corrected chi connectivity index (χ3v) is 10.5. The second kappa shape index (κ2) is 27.4. The zero-order valence-electron chi connectivity index (χ0n) is 34.8. The van der Waals surface area contributed by atoms with Gasteiger partial charge in [-0.05, 0) is 48.2 Å². The van der Waals surface area contributed by atoms with Gasteiger partial charge in [-0.1, -0.05) is 31.2 Å². The van der Waals surface area contributed by atoms with Gasteiger partial charge in [0.1, 0.15) is 20.2 Å². The number of hydrogen-bond acceptors (Lipinski definition) is 25. The van der Waals surface area contributed by atoms with Crippen LogP contribution in [0.5, 0.6) is 0 Å². The van der Waals surface area contributed by atoms with Gasteiger partial charge in [-0.2, -0.15) is 29.9 Å². The van der Waals surface area contributed by atoms with Crippen LogP contribution in [-0.2, 0) is 40.5 Å². The van der Waals surface area contributed by atoms with Crippen LogP contribution in [0.2, 0.25) is 0 Å². The fourth-order valence-electron chi connectivity index (χ4n) is 4.61. The maximum Gasteiger partial charge on any atom is 1.00 e. The molecular weight excluding hydrogens is 957 g/mol. The van der Waals surface area contributed by atoms with E-state index >= 15 is 0 Å². The second-order valence-electron chi connectivity index (χ2n) is 12.2. The Morgan fingerprint density at radius 3 is 1.25 bits per heavy atom. The molecule has 322 valence electrons. The van der Waals surface area contributed by atoms with Crippen molar-refractivity contribution in [3.63, 3.8) is 0 Å². The largest absolute Gasteiger partial charge is 1.00 e. The minimum absolute atomic E-state index is 0. The van der Waals surface area contributed by atoms with E-state index in [0.717, 1.165) is 24.3 Å². The SMILES string of the molecule is CCNc1nc(NCCS(=O)(=O)[O-])nc(Nc2ccc(C=Cc3ccc(Nc4nc(NCCS(=O)(=O)[O-])nc(NCC(C)CO)n4)cc3S(=O)(=O)[O-])c(S(=O)(=O)[O-])c2)n1.[Na+].[Na+].[Na+].[Na+]. The molecule has 7 N–H and O–H groups in total. The summed E-state index contributed by atoms with van der Waals surface area (Å²) < 4.78 is 140. The van der Waals surface area contributed by atoms with Crippen molar-refractivity contribution < 1.29 is 175 Å². The first-order valence-corrected chi connectivity index (χ1v) is 22.9. The number of benzene rings is 2. The van der Waals surface area contributed by atoms with Crippen LogP contribution in [0.15, 0.2) is 46.2 Å². The molecule has 63 heavy (non-hydrogen) atoms. The van der Waals surface area contributed by atoms with Gasteiger partial charge in [-0.25, -0.2) is 33.7 Å². The zero-order chi connectivity index (χ0) is 43.6. The van der Waals surface area contributed by atoms with Gasteiger partial charge in [0, 0.05) is 44.2 Å². The summed E-state index contributed by atoms with van der Waals surface area (Å²) in [5.74, 6) is -2.57. The zero-order valence-corrected chi connectivity index (χ0v) is 46.1. The number of aliphatic hydroxyl groups is 1. The van der Waals surface area contributed by atoms with Crippen LogP contribution in [0.4, 0.5) is 47.1 Å². The molecule has 1 atom stereocenters. The summed E-state index contributed by atoms with van der Waals surface area (Å²) in [6.45, 7) is 3.12. The first-order chi connectivity index (χ1) is 27.5. The molecule has 1 unspecified atom stereocenters. The molecule has 0 saturated carbocycles. The van der Waals surface area contributed by atoms with Crippen molar-refractivity contribution in [1.29, 1.82) is 0 Å². The molecular formula is C30H36N12Na4O13S4. The van der Waals surface area contributed by atoms with Crippen molar-refractivity contribution >= 4 is 99.7 Å². The fourth-order valence-corrected chi connectivity index (χ4v) is 6.71. The summed E-state index contributed by atoms with van der Waals surface area (Å²) in [6, 6.07) is 6.90. The molecule has 33 heteroatoms. The monoisotopic (exact) mass is 992 g/mol. The van der Waals surface area contributed by atoms with Crippen LogP contribution in [0, 0.1) is 5.92 Å². The molecule has 0 aliphatic heterocycles. The maximum atomic E-state index is 12.4. The van der Waals surface area contributed by atoms with Crippen LogP contribution in [-0.4, -0.2) is 131 Å². The predicted octanol–water partition coefficient (Wildman–Crippen LogP) is -12.1. The summed E-state index contributed by atoms with van der Waals surface area (Å²) in [5, 5.41) is 25.6. The minimum atomic E-state index is -5.21. The van der Waals surface area contributed by atoms with Crippen LogP contribution >= 0.6 is 0 Å². The van der Waals surface area contributed by atoms with Gasteiger partial charge in [0.25, 0.3) is 0 Å². The molecule has 0 bridgehead atoms. The van der Waals surface area contributed by atoms with E-state index in [1.54, 1.807) is 13.8 Å². The standard InChI is InChI=1S/C30H40N12O13S4.4Na/c1-3-31-25-37-26(32-10-12-56(44,45)46)40-29(39-25)35-21-8-6-19(23(14-21)58(50,51)52)4-5-20-7-9-22(15-24(20)59(53,54)55)36-30-41-27(33-11-13-57(47,48)49)38-28(42-30)34-16-18(2)17-43;;;;/h4-9,14-15,18,43H,3,10-13,16-17H2,1-2H3,(H,44,45,46)(H,47,48,49)(H,50,51,52)(H,53,54,55)(H3,31,32,35,37,39,40)(H3,33,34,36,38,41,42);;;;/q;4*+1/p-4. The van der Waals surface area contributed by atoms with Crippen molar-refractivity contribution in [1.82, 2.24) is 29.9 Å². The Labute approximate surface area is 452 Å². The van der Waals surface area contributed by atoms with Crippen LogP contribution in [0.3, 0.4) is 0 Å². The number of nitrogens with zero attached hydrogens (tertiary/aromatic N) is 6. The third kappa shape index (κ3) is 21.8.